The van der Waals surface area contributed by atoms with Crippen LogP contribution in [0.3, 0.4) is 0 Å². The van der Waals surface area contributed by atoms with Crippen LogP contribution in [0.1, 0.15) is 0 Å². The zero-order valence-corrected chi connectivity index (χ0v) is 4.98. The smallest absolute Gasteiger partial charge is 0.222 e. The van der Waals surface area contributed by atoms with Crippen LogP contribution < -0.4 is 0 Å². The number of hydrogen-bond donors (Lipinski definition) is 1. The van der Waals surface area contributed by atoms with Crippen LogP contribution in [0.2, 0.25) is 0 Å². The molecule has 2 rings (SSSR count). The summed E-state index contributed by atoms with van der Waals surface area (Å²) in [5.74, 6) is 1.19. The fourth-order valence-electron chi connectivity index (χ4n) is 0.672. The van der Waals surface area contributed by atoms with Crippen LogP contribution in [0, 0.1) is 0 Å². The van der Waals surface area contributed by atoms with Crippen molar-refractivity contribution >= 4 is 0 Å². The van der Waals surface area contributed by atoms with E-state index in [1.165, 1.54) is 6.20 Å². The van der Waals surface area contributed by atoms with Crippen molar-refractivity contribution in [1.82, 2.24) is 20.3 Å². The van der Waals surface area contributed by atoms with E-state index in [9.17, 15) is 0 Å². The van der Waals surface area contributed by atoms with Crippen molar-refractivity contribution < 1.29 is 4.52 Å². The molecular formula is C5H4N4O. The van der Waals surface area contributed by atoms with Gasteiger partial charge in [-0.2, -0.15) is 0 Å². The van der Waals surface area contributed by atoms with Crippen LogP contribution >= 0.6 is 0 Å². The molecule has 0 aliphatic heterocycles. The molecule has 2 heterocycles. The topological polar surface area (TPSA) is 67.6 Å². The van der Waals surface area contributed by atoms with E-state index in [4.69, 9.17) is 4.52 Å². The van der Waals surface area contributed by atoms with Crippen LogP contribution in [0.5, 0.6) is 0 Å². The average molecular weight is 136 g/mol. The molecule has 0 amide bonds. The SMILES string of the molecule is c1c[nH]c(-c2cnno2)n1. The Morgan fingerprint density at radius 2 is 2.50 bits per heavy atom. The molecule has 1 N–H and O–H groups in total. The monoisotopic (exact) mass is 136 g/mol. The lowest BCUT2D eigenvalue weighted by atomic mass is 10.5. The van der Waals surface area contributed by atoms with Crippen molar-refractivity contribution in [2.45, 2.75) is 0 Å². The Kier molecular flexibility index (Phi) is 1.00. The summed E-state index contributed by atoms with van der Waals surface area (Å²) >= 11 is 0. The van der Waals surface area contributed by atoms with Gasteiger partial charge in [0.15, 0.2) is 5.82 Å². The molecule has 0 atom stereocenters. The minimum Gasteiger partial charge on any atom is -0.342 e. The standard InChI is InChI=1S/C5H4N4O/c1-2-7-5(6-1)4-3-8-9-10-4/h1-3H,(H,6,7). The van der Waals surface area contributed by atoms with Gasteiger partial charge in [-0.05, 0) is 0 Å². The largest absolute Gasteiger partial charge is 0.342 e. The lowest BCUT2D eigenvalue weighted by Gasteiger charge is -1.81. The molecule has 2 aromatic heterocycles. The number of aromatic amines is 1. The quantitative estimate of drug-likeness (QED) is 0.618. The van der Waals surface area contributed by atoms with E-state index < -0.39 is 0 Å². The van der Waals surface area contributed by atoms with Gasteiger partial charge in [-0.25, -0.2) is 4.98 Å². The Bertz CT molecular complexity index is 253. The number of rotatable bonds is 1. The maximum atomic E-state index is 4.72. The number of nitrogens with one attached hydrogen (secondary N) is 1. The molecule has 5 heteroatoms. The van der Waals surface area contributed by atoms with Gasteiger partial charge >= 0.3 is 0 Å². The van der Waals surface area contributed by atoms with Crippen molar-refractivity contribution in [2.24, 2.45) is 0 Å². The van der Waals surface area contributed by atoms with Gasteiger partial charge in [0, 0.05) is 17.7 Å². The minimum atomic E-state index is 0.546. The van der Waals surface area contributed by atoms with Crippen molar-refractivity contribution in [3.05, 3.63) is 18.6 Å². The molecule has 0 fully saturated rings. The first-order valence-corrected chi connectivity index (χ1v) is 2.74. The maximum Gasteiger partial charge on any atom is 0.222 e. The lowest BCUT2D eigenvalue weighted by molar-refractivity contribution is 0.402. The van der Waals surface area contributed by atoms with Gasteiger partial charge in [0.1, 0.15) is 6.20 Å². The Labute approximate surface area is 56.1 Å². The highest BCUT2D eigenvalue weighted by Gasteiger charge is 2.02. The fourth-order valence-corrected chi connectivity index (χ4v) is 0.672. The zero-order chi connectivity index (χ0) is 6.81. The molecule has 50 valence electrons. The van der Waals surface area contributed by atoms with Crippen LogP contribution in [0.15, 0.2) is 23.1 Å². The number of aromatic nitrogens is 4. The van der Waals surface area contributed by atoms with Crippen LogP contribution in [0.4, 0.5) is 0 Å². The summed E-state index contributed by atoms with van der Waals surface area (Å²) in [6.07, 6.45) is 4.84. The summed E-state index contributed by atoms with van der Waals surface area (Å²) in [5, 5.41) is 6.79. The van der Waals surface area contributed by atoms with E-state index in [0.29, 0.717) is 11.6 Å². The molecule has 0 saturated heterocycles. The fraction of sp³-hybridized carbons (Fsp3) is 0. The summed E-state index contributed by atoms with van der Waals surface area (Å²) in [7, 11) is 0. The van der Waals surface area contributed by atoms with E-state index in [0.717, 1.165) is 0 Å². The summed E-state index contributed by atoms with van der Waals surface area (Å²) in [6.45, 7) is 0. The number of H-pyrrole nitrogens is 1. The van der Waals surface area contributed by atoms with Gasteiger partial charge in [0.25, 0.3) is 0 Å². The van der Waals surface area contributed by atoms with Crippen LogP contribution in [0.25, 0.3) is 11.6 Å². The molecule has 0 bridgehead atoms. The minimum absolute atomic E-state index is 0.546. The predicted octanol–water partition coefficient (Wildman–Crippen LogP) is 0.460. The summed E-state index contributed by atoms with van der Waals surface area (Å²) in [4.78, 5) is 6.78. The molecule has 0 aromatic carbocycles. The van der Waals surface area contributed by atoms with Crippen LogP contribution in [-0.4, -0.2) is 20.3 Å². The van der Waals surface area contributed by atoms with Gasteiger partial charge in [0.05, 0.1) is 0 Å². The molecule has 5 nitrogen and oxygen atoms in total. The molecule has 0 unspecified atom stereocenters. The highest BCUT2D eigenvalue weighted by molar-refractivity contribution is 5.42. The zero-order valence-electron chi connectivity index (χ0n) is 4.98. The first-order chi connectivity index (χ1) is 4.97. The molecule has 0 saturated carbocycles. The number of nitrogens with zero attached hydrogens (tertiary/aromatic N) is 3. The normalized spacial score (nSPS) is 10.0. The van der Waals surface area contributed by atoms with E-state index in [2.05, 4.69) is 20.3 Å². The third-order valence-electron chi connectivity index (χ3n) is 1.09. The van der Waals surface area contributed by atoms with Crippen molar-refractivity contribution in [2.75, 3.05) is 0 Å². The second kappa shape index (κ2) is 1.94. The van der Waals surface area contributed by atoms with Crippen molar-refractivity contribution in [3.8, 4) is 11.6 Å². The highest BCUT2D eigenvalue weighted by atomic mass is 16.5. The second-order valence-electron chi connectivity index (χ2n) is 1.72. The lowest BCUT2D eigenvalue weighted by Crippen LogP contribution is -1.73. The van der Waals surface area contributed by atoms with E-state index in [1.807, 2.05) is 0 Å². The summed E-state index contributed by atoms with van der Waals surface area (Å²) in [5.41, 5.74) is 0. The molecule has 2 aromatic rings. The Morgan fingerprint density at radius 3 is 3.10 bits per heavy atom. The molecule has 0 radical (unpaired) electrons. The second-order valence-corrected chi connectivity index (χ2v) is 1.72. The molecule has 10 heavy (non-hydrogen) atoms. The van der Waals surface area contributed by atoms with E-state index in [1.54, 1.807) is 12.4 Å². The number of imidazole rings is 1. The Balaban J connectivity index is 2.48. The molecule has 0 spiro atoms. The van der Waals surface area contributed by atoms with E-state index >= 15 is 0 Å². The molecular weight excluding hydrogens is 132 g/mol. The summed E-state index contributed by atoms with van der Waals surface area (Å²) in [6, 6.07) is 0. The van der Waals surface area contributed by atoms with E-state index in [-0.39, 0.29) is 0 Å². The van der Waals surface area contributed by atoms with Gasteiger partial charge in [0.2, 0.25) is 5.76 Å². The average Bonchev–Trinajstić information content (AvgIpc) is 2.59. The van der Waals surface area contributed by atoms with Crippen molar-refractivity contribution in [3.63, 3.8) is 0 Å². The first-order valence-electron chi connectivity index (χ1n) is 2.74. The maximum absolute atomic E-state index is 4.72. The van der Waals surface area contributed by atoms with Gasteiger partial charge in [-0.15, -0.1) is 5.10 Å². The van der Waals surface area contributed by atoms with Crippen molar-refractivity contribution in [1.29, 1.82) is 0 Å². The molecule has 0 aliphatic carbocycles. The summed E-state index contributed by atoms with van der Waals surface area (Å²) < 4.78 is 4.72. The van der Waals surface area contributed by atoms with Crippen LogP contribution in [-0.2, 0) is 0 Å². The van der Waals surface area contributed by atoms with Gasteiger partial charge in [-0.1, -0.05) is 0 Å². The third kappa shape index (κ3) is 0.680. The highest BCUT2D eigenvalue weighted by Crippen LogP contribution is 2.09. The predicted molar refractivity (Wildman–Crippen MR) is 31.9 cm³/mol. The molecule has 0 aliphatic rings. The first kappa shape index (κ1) is 5.16. The number of hydrogen-bond acceptors (Lipinski definition) is 4. The van der Waals surface area contributed by atoms with Gasteiger partial charge in [-0.3, -0.25) is 0 Å². The third-order valence-corrected chi connectivity index (χ3v) is 1.09. The Morgan fingerprint density at radius 1 is 1.50 bits per heavy atom. The van der Waals surface area contributed by atoms with Gasteiger partial charge < -0.3 is 9.51 Å². The Hall–Kier alpha value is -1.65.